The average Bonchev–Trinajstić information content (AvgIpc) is 2.62. The van der Waals surface area contributed by atoms with Crippen molar-refractivity contribution in [2.24, 2.45) is 0 Å². The maximum absolute atomic E-state index is 6.14. The van der Waals surface area contributed by atoms with Crippen LogP contribution in [0.15, 0.2) is 0 Å². The molecule has 0 N–H and O–H groups in total. The Morgan fingerprint density at radius 1 is 0.593 bits per heavy atom. The lowest BCUT2D eigenvalue weighted by Gasteiger charge is -2.28. The van der Waals surface area contributed by atoms with Crippen molar-refractivity contribution in [2.45, 2.75) is 135 Å². The first-order chi connectivity index (χ1) is 13.0. The zero-order chi connectivity index (χ0) is 20.2. The molecule has 0 aromatic carbocycles. The van der Waals surface area contributed by atoms with Gasteiger partial charge in [0.1, 0.15) is 0 Å². The molecule has 163 valence electrons. The molecule has 0 aliphatic rings. The van der Waals surface area contributed by atoms with Crippen LogP contribution in [0.3, 0.4) is 0 Å². The molecule has 1 radical (unpaired) electrons. The molecular weight excluding hydrogens is 348 g/mol. The second kappa shape index (κ2) is 19.5. The van der Waals surface area contributed by atoms with Crippen LogP contribution in [-0.2, 0) is 9.16 Å². The third-order valence-corrected chi connectivity index (χ3v) is 8.44. The second-order valence-corrected chi connectivity index (χ2v) is 12.3. The first kappa shape index (κ1) is 27.1. The van der Waals surface area contributed by atoms with Crippen LogP contribution in [-0.4, -0.2) is 29.4 Å². The fraction of sp³-hybridized carbons (Fsp3) is 1.00. The summed E-state index contributed by atoms with van der Waals surface area (Å²) in [5, 5.41) is 0.328. The van der Waals surface area contributed by atoms with Gasteiger partial charge in [-0.25, -0.2) is 0 Å². The summed E-state index contributed by atoms with van der Waals surface area (Å²) < 4.78 is 11.3. The molecule has 0 heterocycles. The zero-order valence-corrected chi connectivity index (χ0v) is 20.5. The third kappa shape index (κ3) is 19.2. The summed E-state index contributed by atoms with van der Waals surface area (Å²) in [7, 11) is 1.02. The normalized spacial score (nSPS) is 12.2. The summed E-state index contributed by atoms with van der Waals surface area (Å²) in [6, 6.07) is 1.29. The van der Waals surface area contributed by atoms with Crippen LogP contribution in [0.2, 0.25) is 11.1 Å². The van der Waals surface area contributed by atoms with Crippen LogP contribution in [0, 0.1) is 0 Å². The Morgan fingerprint density at radius 2 is 1.00 bits per heavy atom. The Balaban J connectivity index is 3.39. The topological polar surface area (TPSA) is 18.5 Å². The highest BCUT2D eigenvalue weighted by Gasteiger charge is 2.28. The number of ether oxygens (including phenoxy) is 1. The largest absolute Gasteiger partial charge is 0.414 e. The minimum atomic E-state index is -0.730. The molecule has 27 heavy (non-hydrogen) atoms. The van der Waals surface area contributed by atoms with Crippen LogP contribution in [0.1, 0.15) is 124 Å². The highest BCUT2D eigenvalue weighted by atomic mass is 28.3. The molecule has 3 heteroatoms. The molecule has 0 fully saturated rings. The molecule has 0 atom stereocenters. The highest BCUT2D eigenvalue weighted by Crippen LogP contribution is 2.31. The molecule has 0 saturated carbocycles. The van der Waals surface area contributed by atoms with E-state index in [1.165, 1.54) is 102 Å². The molecule has 0 bridgehead atoms. The molecular formula is C24H51O2Si. The minimum Gasteiger partial charge on any atom is -0.414 e. The lowest BCUT2D eigenvalue weighted by atomic mass is 10.0. The standard InChI is InChI=1S/C24H51O2Si/c1-6-7-8-9-10-11-12-13-14-15-16-17-18-19-20-23-27(24(2,3)4)26-22-21-25-5/h6-23H2,1-5H3. The fourth-order valence-electron chi connectivity index (χ4n) is 3.57. The number of hydrogen-bond donors (Lipinski definition) is 0. The van der Waals surface area contributed by atoms with Gasteiger partial charge in [-0.15, -0.1) is 0 Å². The van der Waals surface area contributed by atoms with Crippen molar-refractivity contribution < 1.29 is 9.16 Å². The molecule has 2 nitrogen and oxygen atoms in total. The monoisotopic (exact) mass is 399 g/mol. The van der Waals surface area contributed by atoms with E-state index in [0.717, 1.165) is 13.2 Å². The molecule has 0 rings (SSSR count). The molecule has 0 aliphatic heterocycles. The van der Waals surface area contributed by atoms with E-state index in [1.807, 2.05) is 0 Å². The van der Waals surface area contributed by atoms with Gasteiger partial charge in [0.05, 0.1) is 13.2 Å². The van der Waals surface area contributed by atoms with Gasteiger partial charge in [-0.2, -0.15) is 0 Å². The Morgan fingerprint density at radius 3 is 1.37 bits per heavy atom. The number of unbranched alkanes of at least 4 members (excludes halogenated alkanes) is 14. The van der Waals surface area contributed by atoms with Crippen LogP contribution in [0.25, 0.3) is 0 Å². The maximum atomic E-state index is 6.14. The predicted octanol–water partition coefficient (Wildman–Crippen LogP) is 8.31. The Hall–Kier alpha value is 0.137. The van der Waals surface area contributed by atoms with Gasteiger partial charge in [-0.1, -0.05) is 124 Å². The van der Waals surface area contributed by atoms with Gasteiger partial charge < -0.3 is 9.16 Å². The van der Waals surface area contributed by atoms with E-state index in [2.05, 4.69) is 27.7 Å². The SMILES string of the molecule is CCCCCCCCCCCCCCCCC[Si](OCCOC)C(C)(C)C. The summed E-state index contributed by atoms with van der Waals surface area (Å²) in [6.07, 6.45) is 21.5. The molecule has 0 spiro atoms. The summed E-state index contributed by atoms with van der Waals surface area (Å²) in [5.41, 5.74) is 0. The van der Waals surface area contributed by atoms with Crippen molar-refractivity contribution in [2.75, 3.05) is 20.3 Å². The van der Waals surface area contributed by atoms with E-state index < -0.39 is 9.04 Å². The quantitative estimate of drug-likeness (QED) is 0.151. The van der Waals surface area contributed by atoms with Gasteiger partial charge in [0.15, 0.2) is 0 Å². The van der Waals surface area contributed by atoms with Crippen molar-refractivity contribution in [3.63, 3.8) is 0 Å². The summed E-state index contributed by atoms with van der Waals surface area (Å²) >= 11 is 0. The van der Waals surface area contributed by atoms with Gasteiger partial charge in [0, 0.05) is 7.11 Å². The molecule has 0 aromatic heterocycles. The van der Waals surface area contributed by atoms with Gasteiger partial charge in [0.25, 0.3) is 0 Å². The first-order valence-corrected chi connectivity index (χ1v) is 13.6. The second-order valence-electron chi connectivity index (χ2n) is 9.21. The zero-order valence-electron chi connectivity index (χ0n) is 19.5. The van der Waals surface area contributed by atoms with E-state index in [9.17, 15) is 0 Å². The molecule has 0 unspecified atom stereocenters. The third-order valence-electron chi connectivity index (χ3n) is 5.41. The van der Waals surface area contributed by atoms with Crippen molar-refractivity contribution in [3.8, 4) is 0 Å². The highest BCUT2D eigenvalue weighted by molar-refractivity contribution is 6.55. The van der Waals surface area contributed by atoms with Gasteiger partial charge >= 0.3 is 0 Å². The molecule has 0 aromatic rings. The van der Waals surface area contributed by atoms with Crippen molar-refractivity contribution >= 4 is 9.04 Å². The van der Waals surface area contributed by atoms with Crippen LogP contribution in [0.4, 0.5) is 0 Å². The van der Waals surface area contributed by atoms with Crippen LogP contribution < -0.4 is 0 Å². The molecule has 0 aliphatic carbocycles. The van der Waals surface area contributed by atoms with Gasteiger partial charge in [-0.3, -0.25) is 0 Å². The maximum Gasteiger partial charge on any atom is 0.217 e. The summed E-state index contributed by atoms with van der Waals surface area (Å²) in [4.78, 5) is 0. The average molecular weight is 400 g/mol. The van der Waals surface area contributed by atoms with E-state index in [1.54, 1.807) is 7.11 Å². The van der Waals surface area contributed by atoms with E-state index in [-0.39, 0.29) is 0 Å². The Bertz CT molecular complexity index is 289. The Kier molecular flexibility index (Phi) is 19.6. The summed E-state index contributed by atoms with van der Waals surface area (Å²) in [6.45, 7) is 10.8. The van der Waals surface area contributed by atoms with Crippen molar-refractivity contribution in [1.29, 1.82) is 0 Å². The van der Waals surface area contributed by atoms with Crippen molar-refractivity contribution in [3.05, 3.63) is 0 Å². The first-order valence-electron chi connectivity index (χ1n) is 12.0. The number of methoxy groups -OCH3 is 1. The number of hydrogen-bond acceptors (Lipinski definition) is 2. The van der Waals surface area contributed by atoms with Crippen molar-refractivity contribution in [1.82, 2.24) is 0 Å². The van der Waals surface area contributed by atoms with Gasteiger partial charge in [-0.05, 0) is 11.1 Å². The lowest BCUT2D eigenvalue weighted by Crippen LogP contribution is -2.30. The lowest BCUT2D eigenvalue weighted by molar-refractivity contribution is 0.142. The molecule has 0 saturated heterocycles. The Labute approximate surface area is 173 Å². The minimum absolute atomic E-state index is 0.328. The van der Waals surface area contributed by atoms with E-state index in [4.69, 9.17) is 9.16 Å². The molecule has 0 amide bonds. The van der Waals surface area contributed by atoms with Crippen LogP contribution in [0.5, 0.6) is 0 Å². The van der Waals surface area contributed by atoms with Gasteiger partial charge in [0.2, 0.25) is 9.04 Å². The summed E-state index contributed by atoms with van der Waals surface area (Å²) in [5.74, 6) is 0. The van der Waals surface area contributed by atoms with E-state index in [0.29, 0.717) is 5.04 Å². The smallest absolute Gasteiger partial charge is 0.217 e. The predicted molar refractivity (Wildman–Crippen MR) is 123 cm³/mol. The fourth-order valence-corrected chi connectivity index (χ4v) is 5.80. The van der Waals surface area contributed by atoms with Crippen LogP contribution >= 0.6 is 0 Å². The van der Waals surface area contributed by atoms with E-state index >= 15 is 0 Å². The number of rotatable bonds is 20.